The molecule has 1 atom stereocenters. The summed E-state index contributed by atoms with van der Waals surface area (Å²) >= 11 is 3.31. The third-order valence-electron chi connectivity index (χ3n) is 2.77. The Morgan fingerprint density at radius 2 is 2.38 bits per heavy atom. The van der Waals surface area contributed by atoms with E-state index in [1.54, 1.807) is 6.07 Å². The summed E-state index contributed by atoms with van der Waals surface area (Å²) in [5, 5.41) is 12.8. The van der Waals surface area contributed by atoms with Crippen LogP contribution in [0, 0.1) is 0 Å². The molecule has 16 heavy (non-hydrogen) atoms. The molecule has 3 nitrogen and oxygen atoms in total. The van der Waals surface area contributed by atoms with Crippen molar-refractivity contribution in [3.63, 3.8) is 0 Å². The first-order valence-corrected chi connectivity index (χ1v) is 6.33. The van der Waals surface area contributed by atoms with Crippen LogP contribution in [-0.2, 0) is 11.3 Å². The van der Waals surface area contributed by atoms with Crippen LogP contribution < -0.4 is 5.32 Å². The summed E-state index contributed by atoms with van der Waals surface area (Å²) in [6, 6.07) is 6.03. The van der Waals surface area contributed by atoms with E-state index in [-0.39, 0.29) is 5.75 Å². The molecule has 0 bridgehead atoms. The topological polar surface area (TPSA) is 41.5 Å². The van der Waals surface area contributed by atoms with Crippen LogP contribution in [0.3, 0.4) is 0 Å². The number of hydrogen-bond donors (Lipinski definition) is 2. The Labute approximate surface area is 104 Å². The first-order chi connectivity index (χ1) is 7.75. The molecule has 1 aliphatic rings. The normalized spacial score (nSPS) is 20.9. The lowest BCUT2D eigenvalue weighted by molar-refractivity contribution is 0.0699. The van der Waals surface area contributed by atoms with Gasteiger partial charge < -0.3 is 15.2 Å². The number of nitrogens with one attached hydrogen (secondary N) is 1. The minimum absolute atomic E-state index is 0.282. The van der Waals surface area contributed by atoms with Gasteiger partial charge in [-0.3, -0.25) is 0 Å². The molecule has 1 aliphatic heterocycles. The third-order valence-corrected chi connectivity index (χ3v) is 3.40. The molecule has 0 aliphatic carbocycles. The summed E-state index contributed by atoms with van der Waals surface area (Å²) in [6.45, 7) is 2.51. The van der Waals surface area contributed by atoms with E-state index in [4.69, 9.17) is 4.74 Å². The van der Waals surface area contributed by atoms with Crippen LogP contribution in [-0.4, -0.2) is 24.4 Å². The minimum atomic E-state index is 0.282. The van der Waals surface area contributed by atoms with Gasteiger partial charge in [-0.2, -0.15) is 0 Å². The van der Waals surface area contributed by atoms with Gasteiger partial charge in [-0.05, 0) is 46.5 Å². The fourth-order valence-electron chi connectivity index (χ4n) is 1.82. The number of phenolic OH excluding ortho intramolecular Hbond substituents is 1. The fraction of sp³-hybridized carbons (Fsp3) is 0.500. The largest absolute Gasteiger partial charge is 0.507 e. The smallest absolute Gasteiger partial charge is 0.129 e. The summed E-state index contributed by atoms with van der Waals surface area (Å²) in [7, 11) is 0. The van der Waals surface area contributed by atoms with E-state index in [1.165, 1.54) is 6.42 Å². The zero-order valence-electron chi connectivity index (χ0n) is 9.08. The minimum Gasteiger partial charge on any atom is -0.507 e. The summed E-state index contributed by atoms with van der Waals surface area (Å²) < 4.78 is 6.14. The highest BCUT2D eigenvalue weighted by Crippen LogP contribution is 2.24. The van der Waals surface area contributed by atoms with Crippen LogP contribution in [0.25, 0.3) is 0 Å². The molecule has 0 spiro atoms. The van der Waals surface area contributed by atoms with E-state index in [9.17, 15) is 5.11 Å². The molecule has 2 N–H and O–H groups in total. The van der Waals surface area contributed by atoms with Crippen molar-refractivity contribution in [3.05, 3.63) is 28.2 Å². The zero-order chi connectivity index (χ0) is 11.4. The number of hydrogen-bond acceptors (Lipinski definition) is 3. The number of ether oxygens (including phenoxy) is 1. The Balaban J connectivity index is 1.86. The van der Waals surface area contributed by atoms with Crippen molar-refractivity contribution in [3.8, 4) is 5.75 Å². The molecule has 1 aromatic rings. The third kappa shape index (κ3) is 3.20. The molecular weight excluding hydrogens is 270 g/mol. The summed E-state index contributed by atoms with van der Waals surface area (Å²) in [5.74, 6) is 0.282. The lowest BCUT2D eigenvalue weighted by Crippen LogP contribution is -2.36. The van der Waals surface area contributed by atoms with Gasteiger partial charge >= 0.3 is 0 Å². The summed E-state index contributed by atoms with van der Waals surface area (Å²) in [6.07, 6.45) is 2.32. The Morgan fingerprint density at radius 1 is 1.50 bits per heavy atom. The van der Waals surface area contributed by atoms with E-state index < -0.39 is 0 Å². The monoisotopic (exact) mass is 285 g/mol. The van der Waals surface area contributed by atoms with Crippen molar-refractivity contribution in [2.24, 2.45) is 0 Å². The van der Waals surface area contributed by atoms with Crippen LogP contribution >= 0.6 is 15.9 Å². The maximum atomic E-state index is 9.37. The molecule has 4 heteroatoms. The predicted molar refractivity (Wildman–Crippen MR) is 66.5 cm³/mol. The molecule has 1 heterocycles. The molecule has 0 radical (unpaired) electrons. The van der Waals surface area contributed by atoms with Gasteiger partial charge in [0.15, 0.2) is 0 Å². The van der Waals surface area contributed by atoms with E-state index in [1.807, 2.05) is 12.1 Å². The van der Waals surface area contributed by atoms with Gasteiger partial charge in [0.1, 0.15) is 5.75 Å². The van der Waals surface area contributed by atoms with E-state index in [0.29, 0.717) is 6.04 Å². The number of rotatable bonds is 3. The van der Waals surface area contributed by atoms with Crippen molar-refractivity contribution in [2.75, 3.05) is 13.2 Å². The molecule has 0 aromatic heterocycles. The average molecular weight is 286 g/mol. The van der Waals surface area contributed by atoms with Gasteiger partial charge in [0.2, 0.25) is 0 Å². The molecule has 1 unspecified atom stereocenters. The maximum Gasteiger partial charge on any atom is 0.129 e. The Bertz CT molecular complexity index is 351. The summed E-state index contributed by atoms with van der Waals surface area (Å²) in [5.41, 5.74) is 1.16. The molecule has 1 fully saturated rings. The van der Waals surface area contributed by atoms with Crippen LogP contribution in [0.4, 0.5) is 0 Å². The average Bonchev–Trinajstić information content (AvgIpc) is 2.32. The second-order valence-electron chi connectivity index (χ2n) is 4.08. The molecular formula is C12H16BrNO2. The van der Waals surface area contributed by atoms with Crippen LogP contribution in [0.1, 0.15) is 18.4 Å². The number of phenols is 1. The SMILES string of the molecule is Oc1ccc(CNC2CCCOC2)cc1Br. The second-order valence-corrected chi connectivity index (χ2v) is 4.94. The van der Waals surface area contributed by atoms with Crippen molar-refractivity contribution in [1.29, 1.82) is 0 Å². The van der Waals surface area contributed by atoms with Gasteiger partial charge in [0.05, 0.1) is 11.1 Å². The standard InChI is InChI=1S/C12H16BrNO2/c13-11-6-9(3-4-12(11)15)7-14-10-2-1-5-16-8-10/h3-4,6,10,14-15H,1-2,5,7-8H2. The van der Waals surface area contributed by atoms with Crippen LogP contribution in [0.2, 0.25) is 0 Å². The van der Waals surface area contributed by atoms with Gasteiger partial charge in [0, 0.05) is 19.2 Å². The van der Waals surface area contributed by atoms with E-state index in [2.05, 4.69) is 21.2 Å². The van der Waals surface area contributed by atoms with Crippen molar-refractivity contribution < 1.29 is 9.84 Å². The quantitative estimate of drug-likeness (QED) is 0.896. The van der Waals surface area contributed by atoms with Gasteiger partial charge in [0.25, 0.3) is 0 Å². The zero-order valence-corrected chi connectivity index (χ0v) is 10.7. The first-order valence-electron chi connectivity index (χ1n) is 5.54. The van der Waals surface area contributed by atoms with E-state index in [0.717, 1.165) is 36.2 Å². The van der Waals surface area contributed by atoms with Crippen LogP contribution in [0.15, 0.2) is 22.7 Å². The molecule has 0 saturated carbocycles. The number of halogens is 1. The van der Waals surface area contributed by atoms with Gasteiger partial charge in [-0.1, -0.05) is 6.07 Å². The fourth-order valence-corrected chi connectivity index (χ4v) is 2.25. The van der Waals surface area contributed by atoms with Crippen molar-refractivity contribution in [2.45, 2.75) is 25.4 Å². The molecule has 1 saturated heterocycles. The van der Waals surface area contributed by atoms with Crippen molar-refractivity contribution in [1.82, 2.24) is 5.32 Å². The van der Waals surface area contributed by atoms with E-state index >= 15 is 0 Å². The number of aromatic hydroxyl groups is 1. The summed E-state index contributed by atoms with van der Waals surface area (Å²) in [4.78, 5) is 0. The Morgan fingerprint density at radius 3 is 3.06 bits per heavy atom. The lowest BCUT2D eigenvalue weighted by Gasteiger charge is -2.23. The highest BCUT2D eigenvalue weighted by atomic mass is 79.9. The van der Waals surface area contributed by atoms with Gasteiger partial charge in [-0.15, -0.1) is 0 Å². The Hall–Kier alpha value is -0.580. The molecule has 2 rings (SSSR count). The number of benzene rings is 1. The van der Waals surface area contributed by atoms with Gasteiger partial charge in [-0.25, -0.2) is 0 Å². The molecule has 1 aromatic carbocycles. The first kappa shape index (κ1) is 11.9. The molecule has 0 amide bonds. The maximum absolute atomic E-state index is 9.37. The van der Waals surface area contributed by atoms with Crippen molar-refractivity contribution >= 4 is 15.9 Å². The lowest BCUT2D eigenvalue weighted by atomic mass is 10.1. The molecule has 88 valence electrons. The predicted octanol–water partition coefficient (Wildman–Crippen LogP) is 2.42. The highest BCUT2D eigenvalue weighted by Gasteiger charge is 2.12. The Kier molecular flexibility index (Phi) is 4.21. The second kappa shape index (κ2) is 5.66. The van der Waals surface area contributed by atoms with Crippen LogP contribution in [0.5, 0.6) is 5.75 Å². The highest BCUT2D eigenvalue weighted by molar-refractivity contribution is 9.10.